The van der Waals surface area contributed by atoms with E-state index < -0.39 is 0 Å². The number of phenolic OH excluding ortho intramolecular Hbond substituents is 1. The van der Waals surface area contributed by atoms with E-state index in [-0.39, 0.29) is 12.2 Å². The van der Waals surface area contributed by atoms with Gasteiger partial charge in [0, 0.05) is 5.56 Å². The van der Waals surface area contributed by atoms with Crippen molar-refractivity contribution in [2.24, 2.45) is 0 Å². The van der Waals surface area contributed by atoms with Crippen LogP contribution in [0.1, 0.15) is 17.5 Å². The van der Waals surface area contributed by atoms with Crippen LogP contribution in [0.15, 0.2) is 18.2 Å². The van der Waals surface area contributed by atoms with Crippen LogP contribution in [-0.2, 0) is 4.79 Å². The maximum absolute atomic E-state index is 9.97. The van der Waals surface area contributed by atoms with Crippen LogP contribution >= 0.6 is 0 Å². The lowest BCUT2D eigenvalue weighted by Gasteiger charge is -1.97. The molecule has 1 aromatic rings. The largest absolute Gasteiger partial charge is 0.508 e. The van der Waals surface area contributed by atoms with Crippen LogP contribution in [-0.4, -0.2) is 11.4 Å². The van der Waals surface area contributed by atoms with Crippen molar-refractivity contribution in [3.05, 3.63) is 29.3 Å². The van der Waals surface area contributed by atoms with Gasteiger partial charge in [-0.05, 0) is 30.7 Å². The summed E-state index contributed by atoms with van der Waals surface area (Å²) < 4.78 is 0. The summed E-state index contributed by atoms with van der Waals surface area (Å²) in [5, 5.41) is 9.21. The van der Waals surface area contributed by atoms with Crippen LogP contribution in [0.4, 0.5) is 0 Å². The number of rotatable bonds is 1. The minimum Gasteiger partial charge on any atom is -0.508 e. The number of carbonyl (C=O) groups excluding carboxylic acids is 1. The van der Waals surface area contributed by atoms with Crippen molar-refractivity contribution >= 4 is 6.29 Å². The predicted octanol–water partition coefficient (Wildman–Crippen LogP) is 1.64. The smallest absolute Gasteiger partial charge is 0.131 e. The van der Waals surface area contributed by atoms with Gasteiger partial charge in [-0.15, -0.1) is 0 Å². The quantitative estimate of drug-likeness (QED) is 0.519. The van der Waals surface area contributed by atoms with E-state index in [1.54, 1.807) is 25.1 Å². The first-order valence-corrected chi connectivity index (χ1v) is 3.96. The van der Waals surface area contributed by atoms with E-state index in [1.165, 1.54) is 0 Å². The fourth-order valence-electron chi connectivity index (χ4n) is 0.928. The molecular weight excluding hydrogens is 164 g/mol. The highest BCUT2D eigenvalue weighted by molar-refractivity contribution is 5.55. The predicted molar refractivity (Wildman–Crippen MR) is 50.4 cm³/mol. The second-order valence-corrected chi connectivity index (χ2v) is 2.67. The number of aldehydes is 1. The molecule has 1 aromatic carbocycles. The Bertz CT molecular complexity index is 369. The van der Waals surface area contributed by atoms with Gasteiger partial charge in [0.1, 0.15) is 12.0 Å². The highest BCUT2D eigenvalue weighted by Crippen LogP contribution is 2.15. The molecule has 2 nitrogen and oxygen atoms in total. The summed E-state index contributed by atoms with van der Waals surface area (Å²) in [6, 6.07) is 5.10. The zero-order valence-electron chi connectivity index (χ0n) is 7.37. The summed E-state index contributed by atoms with van der Waals surface area (Å²) in [5.41, 5.74) is 1.61. The molecule has 0 saturated heterocycles. The molecule has 0 atom stereocenters. The van der Waals surface area contributed by atoms with Crippen LogP contribution in [0.5, 0.6) is 5.75 Å². The third-order valence-electron chi connectivity index (χ3n) is 1.61. The van der Waals surface area contributed by atoms with Gasteiger partial charge >= 0.3 is 0 Å². The zero-order valence-corrected chi connectivity index (χ0v) is 7.37. The number of aryl methyl sites for hydroxylation is 1. The summed E-state index contributed by atoms with van der Waals surface area (Å²) >= 11 is 0. The second-order valence-electron chi connectivity index (χ2n) is 2.67. The maximum atomic E-state index is 9.97. The van der Waals surface area contributed by atoms with Crippen LogP contribution in [0.25, 0.3) is 0 Å². The Kier molecular flexibility index (Phi) is 3.10. The Morgan fingerprint density at radius 3 is 2.92 bits per heavy atom. The molecule has 1 N–H and O–H groups in total. The normalized spacial score (nSPS) is 8.69. The lowest BCUT2D eigenvalue weighted by atomic mass is 10.1. The van der Waals surface area contributed by atoms with Crippen molar-refractivity contribution in [1.29, 1.82) is 0 Å². The Hall–Kier alpha value is -1.75. The molecule has 2 heteroatoms. The highest BCUT2D eigenvalue weighted by Gasteiger charge is 1.94. The molecule has 0 aliphatic heterocycles. The monoisotopic (exact) mass is 174 g/mol. The molecule has 0 radical (unpaired) electrons. The summed E-state index contributed by atoms with van der Waals surface area (Å²) in [6.07, 6.45) is 1.01. The molecule has 0 aliphatic carbocycles. The van der Waals surface area contributed by atoms with E-state index in [0.717, 1.165) is 17.4 Å². The Morgan fingerprint density at radius 2 is 2.31 bits per heavy atom. The number of benzene rings is 1. The maximum Gasteiger partial charge on any atom is 0.131 e. The van der Waals surface area contributed by atoms with E-state index in [1.807, 2.05) is 0 Å². The van der Waals surface area contributed by atoms with Crippen molar-refractivity contribution in [1.82, 2.24) is 0 Å². The minimum absolute atomic E-state index is 0.250. The fraction of sp³-hybridized carbons (Fsp3) is 0.182. The Balaban J connectivity index is 2.87. The van der Waals surface area contributed by atoms with Gasteiger partial charge in [-0.3, -0.25) is 0 Å². The number of aromatic hydroxyl groups is 1. The standard InChI is InChI=1S/C11H10O2/c1-9-8-10(4-2-3-7-12)5-6-11(9)13/h5-8,13H,3H2,1H3. The van der Waals surface area contributed by atoms with Gasteiger partial charge in [-0.25, -0.2) is 0 Å². The molecule has 0 amide bonds. The van der Waals surface area contributed by atoms with E-state index in [0.29, 0.717) is 0 Å². The van der Waals surface area contributed by atoms with Gasteiger partial charge in [-0.1, -0.05) is 11.8 Å². The molecule has 0 fully saturated rings. The zero-order chi connectivity index (χ0) is 9.68. The van der Waals surface area contributed by atoms with Crippen LogP contribution in [0.2, 0.25) is 0 Å². The summed E-state index contributed by atoms with van der Waals surface area (Å²) in [7, 11) is 0. The third kappa shape index (κ3) is 2.64. The molecule has 0 unspecified atom stereocenters. The van der Waals surface area contributed by atoms with Gasteiger partial charge in [-0.2, -0.15) is 0 Å². The molecule has 66 valence electrons. The molecular formula is C11H10O2. The molecule has 1 rings (SSSR count). The Morgan fingerprint density at radius 1 is 1.54 bits per heavy atom. The average Bonchev–Trinajstić information content (AvgIpc) is 2.12. The summed E-state index contributed by atoms with van der Waals surface area (Å²) in [5.74, 6) is 5.78. The van der Waals surface area contributed by atoms with E-state index in [9.17, 15) is 9.90 Å². The lowest BCUT2D eigenvalue weighted by Crippen LogP contribution is -1.78. The van der Waals surface area contributed by atoms with Gasteiger partial charge in [0.25, 0.3) is 0 Å². The number of phenols is 1. The fourth-order valence-corrected chi connectivity index (χ4v) is 0.928. The van der Waals surface area contributed by atoms with Gasteiger partial charge in [0.05, 0.1) is 6.42 Å². The van der Waals surface area contributed by atoms with Gasteiger partial charge < -0.3 is 9.90 Å². The molecule has 0 aromatic heterocycles. The van der Waals surface area contributed by atoms with Crippen LogP contribution in [0, 0.1) is 18.8 Å². The molecule has 0 bridgehead atoms. The van der Waals surface area contributed by atoms with E-state index in [4.69, 9.17) is 0 Å². The van der Waals surface area contributed by atoms with Gasteiger partial charge in [0.15, 0.2) is 0 Å². The van der Waals surface area contributed by atoms with E-state index in [2.05, 4.69) is 11.8 Å². The first-order valence-electron chi connectivity index (χ1n) is 3.96. The van der Waals surface area contributed by atoms with Crippen molar-refractivity contribution in [3.63, 3.8) is 0 Å². The van der Waals surface area contributed by atoms with Gasteiger partial charge in [0.2, 0.25) is 0 Å². The average molecular weight is 174 g/mol. The molecule has 0 spiro atoms. The first kappa shape index (κ1) is 9.34. The topological polar surface area (TPSA) is 37.3 Å². The molecule has 0 saturated carbocycles. The van der Waals surface area contributed by atoms with Crippen molar-refractivity contribution in [3.8, 4) is 17.6 Å². The molecule has 0 aliphatic rings. The number of hydrogen-bond acceptors (Lipinski definition) is 2. The minimum atomic E-state index is 0.250. The second kappa shape index (κ2) is 4.32. The number of carbonyl (C=O) groups is 1. The molecule has 13 heavy (non-hydrogen) atoms. The Labute approximate surface area is 77.2 Å². The lowest BCUT2D eigenvalue weighted by molar-refractivity contribution is -0.107. The summed E-state index contributed by atoms with van der Waals surface area (Å²) in [4.78, 5) is 9.97. The molecule has 0 heterocycles. The van der Waals surface area contributed by atoms with Crippen molar-refractivity contribution < 1.29 is 9.90 Å². The summed E-state index contributed by atoms with van der Waals surface area (Å²) in [6.45, 7) is 1.81. The van der Waals surface area contributed by atoms with Crippen LogP contribution in [0.3, 0.4) is 0 Å². The number of hydrogen-bond donors (Lipinski definition) is 1. The SMILES string of the molecule is Cc1cc(C#CCC=O)ccc1O. The van der Waals surface area contributed by atoms with E-state index >= 15 is 0 Å². The first-order chi connectivity index (χ1) is 6.24. The van der Waals surface area contributed by atoms with Crippen molar-refractivity contribution in [2.75, 3.05) is 0 Å². The highest BCUT2D eigenvalue weighted by atomic mass is 16.3. The van der Waals surface area contributed by atoms with Crippen molar-refractivity contribution in [2.45, 2.75) is 13.3 Å². The third-order valence-corrected chi connectivity index (χ3v) is 1.61. The van der Waals surface area contributed by atoms with Crippen LogP contribution < -0.4 is 0 Å².